The number of rotatable bonds is 24. The first kappa shape index (κ1) is 33.6. The van der Waals surface area contributed by atoms with Crippen molar-refractivity contribution in [2.45, 2.75) is 136 Å². The molecule has 0 radical (unpaired) electrons. The maximum atomic E-state index is 5.76. The lowest BCUT2D eigenvalue weighted by atomic mass is 9.96. The maximum absolute atomic E-state index is 5.76. The fraction of sp³-hybridized carbons (Fsp3) is 0.735. The zero-order valence-corrected chi connectivity index (χ0v) is 27.3. The van der Waals surface area contributed by atoms with E-state index in [1.807, 2.05) is 18.6 Å². The van der Waals surface area contributed by atoms with Crippen LogP contribution in [0.2, 0.25) is 6.04 Å². The summed E-state index contributed by atoms with van der Waals surface area (Å²) in [7, 11) is -0.388. The fourth-order valence-electron chi connectivity index (χ4n) is 5.22. The van der Waals surface area contributed by atoms with Gasteiger partial charge in [0.15, 0.2) is 0 Å². The summed E-state index contributed by atoms with van der Waals surface area (Å²) in [6, 6.07) is 5.64. The van der Waals surface area contributed by atoms with E-state index in [0.717, 1.165) is 61.3 Å². The highest BCUT2D eigenvalue weighted by atomic mass is 28.2. The molecule has 4 nitrogen and oxygen atoms in total. The Morgan fingerprint density at radius 2 is 1.38 bits per heavy atom. The Bertz CT molecular complexity index is 845. The summed E-state index contributed by atoms with van der Waals surface area (Å²) in [4.78, 5) is 14.2. The van der Waals surface area contributed by atoms with Crippen LogP contribution in [0.1, 0.15) is 130 Å². The van der Waals surface area contributed by atoms with Crippen LogP contribution < -0.4 is 5.32 Å². The molecule has 0 spiro atoms. The summed E-state index contributed by atoms with van der Waals surface area (Å²) in [6.45, 7) is 11.2. The third kappa shape index (κ3) is 16.3. The quantitative estimate of drug-likeness (QED) is 0.0966. The molecule has 2 atom stereocenters. The highest BCUT2D eigenvalue weighted by Crippen LogP contribution is 2.19. The maximum Gasteiger partial charge on any atom is 0.0898 e. The van der Waals surface area contributed by atoms with Gasteiger partial charge in [-0.05, 0) is 49.7 Å². The molecule has 2 heterocycles. The van der Waals surface area contributed by atoms with Gasteiger partial charge in [-0.15, -0.1) is 0 Å². The summed E-state index contributed by atoms with van der Waals surface area (Å²) in [5, 5.41) is 1.24. The number of aromatic nitrogens is 3. The van der Waals surface area contributed by atoms with Gasteiger partial charge in [0, 0.05) is 42.2 Å². The Morgan fingerprint density at radius 1 is 0.718 bits per heavy atom. The Hall–Kier alpha value is -1.59. The van der Waals surface area contributed by atoms with Crippen LogP contribution in [0.4, 0.5) is 0 Å². The van der Waals surface area contributed by atoms with Crippen LogP contribution in [0.25, 0.3) is 11.3 Å². The molecule has 0 saturated carbocycles. The largest absolute Gasteiger partial charge is 0.381 e. The average Bonchev–Trinajstić information content (AvgIpc) is 2.95. The molecule has 0 aliphatic rings. The van der Waals surface area contributed by atoms with Crippen LogP contribution >= 0.6 is 0 Å². The second kappa shape index (κ2) is 22.1. The van der Waals surface area contributed by atoms with Crippen LogP contribution in [-0.2, 0) is 11.2 Å². The van der Waals surface area contributed by atoms with Crippen molar-refractivity contribution >= 4 is 14.8 Å². The standard InChI is InChI=1S/C34H59N3OSi/c1-5-7-9-15-23-38-24-16-14-20-32-22-21-31(25-36-32)33-26-35-27-34(37-33)39-28-30(4)19-13-10-12-18-29(3)17-11-8-6-2/h21-22,25-27,29-30H,5-20,23-24,28,39H2,1-4H3. The first-order valence-corrected chi connectivity index (χ1v) is 18.2. The van der Waals surface area contributed by atoms with Crippen LogP contribution in [-0.4, -0.2) is 37.7 Å². The molecule has 0 aliphatic carbocycles. The van der Waals surface area contributed by atoms with Crippen molar-refractivity contribution in [3.8, 4) is 11.3 Å². The summed E-state index contributed by atoms with van der Waals surface area (Å²) < 4.78 is 5.76. The zero-order chi connectivity index (χ0) is 28.0. The topological polar surface area (TPSA) is 47.9 Å². The number of pyridine rings is 1. The Labute approximate surface area is 243 Å². The third-order valence-corrected chi connectivity index (χ3v) is 10.1. The highest BCUT2D eigenvalue weighted by molar-refractivity contribution is 6.52. The second-order valence-corrected chi connectivity index (χ2v) is 13.7. The average molecular weight is 554 g/mol. The third-order valence-electron chi connectivity index (χ3n) is 8.01. The van der Waals surface area contributed by atoms with E-state index in [1.54, 1.807) is 0 Å². The first-order valence-electron chi connectivity index (χ1n) is 16.5. The second-order valence-electron chi connectivity index (χ2n) is 11.9. The summed E-state index contributed by atoms with van der Waals surface area (Å²) >= 11 is 0. The van der Waals surface area contributed by atoms with Crippen molar-refractivity contribution in [2.75, 3.05) is 13.2 Å². The molecule has 39 heavy (non-hydrogen) atoms. The molecular weight excluding hydrogens is 494 g/mol. The smallest absolute Gasteiger partial charge is 0.0898 e. The lowest BCUT2D eigenvalue weighted by Crippen LogP contribution is -2.21. The fourth-order valence-corrected chi connectivity index (χ4v) is 6.82. The van der Waals surface area contributed by atoms with Crippen molar-refractivity contribution in [3.63, 3.8) is 0 Å². The van der Waals surface area contributed by atoms with Gasteiger partial charge in [-0.2, -0.15) is 0 Å². The van der Waals surface area contributed by atoms with Gasteiger partial charge in [-0.25, -0.2) is 0 Å². The van der Waals surface area contributed by atoms with Crippen molar-refractivity contribution in [2.24, 2.45) is 11.8 Å². The predicted octanol–water partition coefficient (Wildman–Crippen LogP) is 8.47. The molecule has 2 rings (SSSR count). The van der Waals surface area contributed by atoms with E-state index in [-0.39, 0.29) is 9.52 Å². The van der Waals surface area contributed by atoms with Crippen molar-refractivity contribution in [1.29, 1.82) is 0 Å². The monoisotopic (exact) mass is 553 g/mol. The number of hydrogen-bond acceptors (Lipinski definition) is 4. The van der Waals surface area contributed by atoms with Gasteiger partial charge in [0.25, 0.3) is 0 Å². The van der Waals surface area contributed by atoms with Crippen molar-refractivity contribution < 1.29 is 4.74 Å². The molecule has 2 aromatic rings. The molecule has 0 aliphatic heterocycles. The molecule has 220 valence electrons. The normalized spacial score (nSPS) is 13.3. The molecule has 0 amide bonds. The number of nitrogens with zero attached hydrogens (tertiary/aromatic N) is 3. The van der Waals surface area contributed by atoms with Gasteiger partial charge in [0.2, 0.25) is 0 Å². The number of unbranched alkanes of at least 4 members (excludes halogenated alkanes) is 8. The number of hydrogen-bond donors (Lipinski definition) is 0. The lowest BCUT2D eigenvalue weighted by Gasteiger charge is -2.13. The Kier molecular flexibility index (Phi) is 19.1. The summed E-state index contributed by atoms with van der Waals surface area (Å²) in [5.41, 5.74) is 3.20. The Balaban J connectivity index is 1.61. The van der Waals surface area contributed by atoms with E-state index in [1.165, 1.54) is 94.8 Å². The van der Waals surface area contributed by atoms with E-state index in [2.05, 4.69) is 44.8 Å². The van der Waals surface area contributed by atoms with E-state index in [0.29, 0.717) is 0 Å². The van der Waals surface area contributed by atoms with Gasteiger partial charge < -0.3 is 4.74 Å². The van der Waals surface area contributed by atoms with Crippen molar-refractivity contribution in [1.82, 2.24) is 15.0 Å². The number of ether oxygens (including phenoxy) is 1. The van der Waals surface area contributed by atoms with E-state index in [4.69, 9.17) is 14.7 Å². The minimum absolute atomic E-state index is 0.388. The first-order chi connectivity index (χ1) is 19.1. The molecule has 0 saturated heterocycles. The number of aryl methyl sites for hydroxylation is 1. The van der Waals surface area contributed by atoms with E-state index < -0.39 is 0 Å². The zero-order valence-electron chi connectivity index (χ0n) is 25.9. The summed E-state index contributed by atoms with van der Waals surface area (Å²) in [6.07, 6.45) is 26.7. The lowest BCUT2D eigenvalue weighted by molar-refractivity contribution is 0.126. The van der Waals surface area contributed by atoms with Crippen molar-refractivity contribution in [3.05, 3.63) is 36.4 Å². The van der Waals surface area contributed by atoms with Crippen LogP contribution in [0, 0.1) is 11.8 Å². The minimum atomic E-state index is -0.388. The molecule has 0 fully saturated rings. The minimum Gasteiger partial charge on any atom is -0.381 e. The summed E-state index contributed by atoms with van der Waals surface area (Å²) in [5.74, 6) is 1.71. The van der Waals surface area contributed by atoms with Gasteiger partial charge in [-0.3, -0.25) is 15.0 Å². The van der Waals surface area contributed by atoms with Crippen LogP contribution in [0.15, 0.2) is 30.7 Å². The molecule has 2 aromatic heterocycles. The molecule has 0 aromatic carbocycles. The highest BCUT2D eigenvalue weighted by Gasteiger charge is 2.08. The van der Waals surface area contributed by atoms with Gasteiger partial charge in [0.1, 0.15) is 0 Å². The van der Waals surface area contributed by atoms with E-state index in [9.17, 15) is 0 Å². The van der Waals surface area contributed by atoms with Gasteiger partial charge in [-0.1, -0.05) is 111 Å². The predicted molar refractivity (Wildman–Crippen MR) is 172 cm³/mol. The molecule has 0 bridgehead atoms. The SMILES string of the molecule is CCCCCCOCCCCc1ccc(-c2cncc([SiH2]CC(C)CCCCCC(C)CCCCC)n2)cn1. The molecule has 2 unspecified atom stereocenters. The van der Waals surface area contributed by atoms with E-state index >= 15 is 0 Å². The molecule has 0 N–H and O–H groups in total. The Morgan fingerprint density at radius 3 is 2.10 bits per heavy atom. The molecule has 5 heteroatoms. The molecular formula is C34H59N3OSi. The van der Waals surface area contributed by atoms with Gasteiger partial charge >= 0.3 is 0 Å². The van der Waals surface area contributed by atoms with Crippen LogP contribution in [0.3, 0.4) is 0 Å². The van der Waals surface area contributed by atoms with Crippen LogP contribution in [0.5, 0.6) is 0 Å². The van der Waals surface area contributed by atoms with Gasteiger partial charge in [0.05, 0.1) is 21.4 Å².